The standard InChI is InChI=1S/C14H18BrN3O2S.ClH/c1-14(2)9-18(4-3-13(14)17)21(19,20)12-6-10(8-16)5-11(15)7-12;/h5-7,13H,3-4,9,17H2,1-2H3;1H. The van der Waals surface area contributed by atoms with Crippen molar-refractivity contribution in [2.24, 2.45) is 11.1 Å². The van der Waals surface area contributed by atoms with Gasteiger partial charge in [-0.1, -0.05) is 29.8 Å². The van der Waals surface area contributed by atoms with E-state index in [-0.39, 0.29) is 28.8 Å². The third-order valence-electron chi connectivity index (χ3n) is 3.92. The summed E-state index contributed by atoms with van der Waals surface area (Å²) in [5.41, 5.74) is 6.10. The van der Waals surface area contributed by atoms with Gasteiger partial charge in [0.05, 0.1) is 16.5 Å². The Morgan fingerprint density at radius 2 is 2.05 bits per heavy atom. The van der Waals surface area contributed by atoms with Gasteiger partial charge in [-0.2, -0.15) is 9.57 Å². The number of hydrogen-bond donors (Lipinski definition) is 1. The molecule has 0 spiro atoms. The highest BCUT2D eigenvalue weighted by atomic mass is 79.9. The van der Waals surface area contributed by atoms with Crippen molar-refractivity contribution < 1.29 is 8.42 Å². The molecular weight excluding hydrogens is 390 g/mol. The van der Waals surface area contributed by atoms with E-state index in [1.54, 1.807) is 6.07 Å². The average molecular weight is 409 g/mol. The zero-order valence-corrected chi connectivity index (χ0v) is 15.6. The first kappa shape index (κ1) is 19.4. The lowest BCUT2D eigenvalue weighted by atomic mass is 9.81. The minimum atomic E-state index is -3.61. The number of rotatable bonds is 2. The maximum absolute atomic E-state index is 12.8. The molecule has 1 aromatic carbocycles. The summed E-state index contributed by atoms with van der Waals surface area (Å²) in [5, 5.41) is 8.98. The maximum Gasteiger partial charge on any atom is 0.243 e. The van der Waals surface area contributed by atoms with Crippen molar-refractivity contribution >= 4 is 38.4 Å². The molecule has 122 valence electrons. The molecule has 8 heteroatoms. The van der Waals surface area contributed by atoms with E-state index in [2.05, 4.69) is 15.9 Å². The molecule has 2 rings (SSSR count). The fourth-order valence-electron chi connectivity index (χ4n) is 2.46. The molecule has 0 aromatic heterocycles. The van der Waals surface area contributed by atoms with Crippen LogP contribution in [0.4, 0.5) is 0 Å². The molecule has 2 N–H and O–H groups in total. The summed E-state index contributed by atoms with van der Waals surface area (Å²) in [7, 11) is -3.61. The Morgan fingerprint density at radius 1 is 1.41 bits per heavy atom. The number of benzene rings is 1. The Morgan fingerprint density at radius 3 is 2.59 bits per heavy atom. The van der Waals surface area contributed by atoms with E-state index in [1.807, 2.05) is 19.9 Å². The summed E-state index contributed by atoms with van der Waals surface area (Å²) < 4.78 is 27.5. The fraction of sp³-hybridized carbons (Fsp3) is 0.500. The first-order valence-corrected chi connectivity index (χ1v) is 8.86. The van der Waals surface area contributed by atoms with Gasteiger partial charge in [-0.3, -0.25) is 0 Å². The number of halogens is 2. The van der Waals surface area contributed by atoms with Crippen LogP contribution in [-0.4, -0.2) is 31.9 Å². The van der Waals surface area contributed by atoms with Crippen molar-refractivity contribution in [3.63, 3.8) is 0 Å². The first-order valence-electron chi connectivity index (χ1n) is 6.63. The van der Waals surface area contributed by atoms with Crippen molar-refractivity contribution in [1.82, 2.24) is 4.31 Å². The lowest BCUT2D eigenvalue weighted by molar-refractivity contribution is 0.155. The quantitative estimate of drug-likeness (QED) is 0.814. The SMILES string of the molecule is CC1(C)CN(S(=O)(=O)c2cc(Br)cc(C#N)c2)CCC1N.Cl. The molecule has 1 heterocycles. The average Bonchev–Trinajstić information content (AvgIpc) is 2.40. The van der Waals surface area contributed by atoms with E-state index in [0.717, 1.165) is 0 Å². The van der Waals surface area contributed by atoms with Gasteiger partial charge < -0.3 is 5.73 Å². The number of hydrogen-bond acceptors (Lipinski definition) is 4. The highest BCUT2D eigenvalue weighted by Crippen LogP contribution is 2.32. The van der Waals surface area contributed by atoms with Crippen molar-refractivity contribution in [2.75, 3.05) is 13.1 Å². The zero-order chi connectivity index (χ0) is 15.8. The van der Waals surface area contributed by atoms with Gasteiger partial charge in [-0.15, -0.1) is 12.4 Å². The minimum Gasteiger partial charge on any atom is -0.327 e. The molecule has 1 aliphatic rings. The van der Waals surface area contributed by atoms with Gasteiger partial charge >= 0.3 is 0 Å². The van der Waals surface area contributed by atoms with Crippen LogP contribution in [0.15, 0.2) is 27.6 Å². The molecule has 5 nitrogen and oxygen atoms in total. The Hall–Kier alpha value is -0.650. The predicted octanol–water partition coefficient (Wildman–Crippen LogP) is 2.49. The Labute approximate surface area is 146 Å². The Bertz CT molecular complexity index is 701. The second-order valence-corrected chi connectivity index (χ2v) is 8.86. The van der Waals surface area contributed by atoms with Gasteiger partial charge in [0.15, 0.2) is 0 Å². The van der Waals surface area contributed by atoms with E-state index in [0.29, 0.717) is 29.5 Å². The number of nitrogens with zero attached hydrogens (tertiary/aromatic N) is 2. The number of piperidine rings is 1. The molecule has 1 saturated heterocycles. The van der Waals surface area contributed by atoms with E-state index in [4.69, 9.17) is 11.0 Å². The molecule has 0 saturated carbocycles. The third-order valence-corrected chi connectivity index (χ3v) is 6.20. The maximum atomic E-state index is 12.8. The summed E-state index contributed by atoms with van der Waals surface area (Å²) in [6, 6.07) is 6.48. The number of nitrogens with two attached hydrogens (primary N) is 1. The molecule has 1 fully saturated rings. The summed E-state index contributed by atoms with van der Waals surface area (Å²) in [5.74, 6) is 0. The van der Waals surface area contributed by atoms with Crippen LogP contribution in [0, 0.1) is 16.7 Å². The molecule has 0 aliphatic carbocycles. The van der Waals surface area contributed by atoms with Crippen LogP contribution in [0.25, 0.3) is 0 Å². The number of nitriles is 1. The zero-order valence-electron chi connectivity index (χ0n) is 12.4. The molecule has 1 unspecified atom stereocenters. The molecule has 1 atom stereocenters. The van der Waals surface area contributed by atoms with Crippen molar-refractivity contribution in [1.29, 1.82) is 5.26 Å². The Balaban J connectivity index is 0.00000242. The van der Waals surface area contributed by atoms with E-state index >= 15 is 0 Å². The predicted molar refractivity (Wildman–Crippen MR) is 91.2 cm³/mol. The summed E-state index contributed by atoms with van der Waals surface area (Å²) >= 11 is 3.25. The molecule has 1 aliphatic heterocycles. The molecule has 22 heavy (non-hydrogen) atoms. The second-order valence-electron chi connectivity index (χ2n) is 6.01. The molecular formula is C14H19BrClN3O2S. The molecule has 0 radical (unpaired) electrons. The highest BCUT2D eigenvalue weighted by Gasteiger charge is 2.38. The van der Waals surface area contributed by atoms with Crippen LogP contribution in [0.5, 0.6) is 0 Å². The van der Waals surface area contributed by atoms with Crippen LogP contribution in [0.2, 0.25) is 0 Å². The number of sulfonamides is 1. The van der Waals surface area contributed by atoms with Gasteiger partial charge in [-0.05, 0) is 30.0 Å². The highest BCUT2D eigenvalue weighted by molar-refractivity contribution is 9.10. The van der Waals surface area contributed by atoms with Crippen LogP contribution in [0.1, 0.15) is 25.8 Å². The summed E-state index contributed by atoms with van der Waals surface area (Å²) in [6.07, 6.45) is 0.630. The van der Waals surface area contributed by atoms with Crippen LogP contribution >= 0.6 is 28.3 Å². The van der Waals surface area contributed by atoms with Crippen molar-refractivity contribution in [2.45, 2.75) is 31.2 Å². The van der Waals surface area contributed by atoms with E-state index in [1.165, 1.54) is 16.4 Å². The van der Waals surface area contributed by atoms with Gasteiger partial charge in [0.1, 0.15) is 0 Å². The lowest BCUT2D eigenvalue weighted by Crippen LogP contribution is -2.53. The molecule has 1 aromatic rings. The largest absolute Gasteiger partial charge is 0.327 e. The van der Waals surface area contributed by atoms with Crippen LogP contribution in [-0.2, 0) is 10.0 Å². The smallest absolute Gasteiger partial charge is 0.243 e. The van der Waals surface area contributed by atoms with Crippen LogP contribution in [0.3, 0.4) is 0 Å². The van der Waals surface area contributed by atoms with Gasteiger partial charge in [0, 0.05) is 23.6 Å². The fourth-order valence-corrected chi connectivity index (χ4v) is 4.80. The Kier molecular flexibility index (Phi) is 6.04. The summed E-state index contributed by atoms with van der Waals surface area (Å²) in [6.45, 7) is 4.73. The monoisotopic (exact) mass is 407 g/mol. The minimum absolute atomic E-state index is 0. The molecule has 0 amide bonds. The van der Waals surface area contributed by atoms with Gasteiger partial charge in [0.2, 0.25) is 10.0 Å². The van der Waals surface area contributed by atoms with Crippen molar-refractivity contribution in [3.05, 3.63) is 28.2 Å². The van der Waals surface area contributed by atoms with Gasteiger partial charge in [-0.25, -0.2) is 8.42 Å². The third kappa shape index (κ3) is 3.81. The van der Waals surface area contributed by atoms with Crippen LogP contribution < -0.4 is 5.73 Å². The van der Waals surface area contributed by atoms with Crippen molar-refractivity contribution in [3.8, 4) is 6.07 Å². The van der Waals surface area contributed by atoms with Gasteiger partial charge in [0.25, 0.3) is 0 Å². The first-order chi connectivity index (χ1) is 9.66. The van der Waals surface area contributed by atoms with E-state index < -0.39 is 10.0 Å². The molecule has 0 bridgehead atoms. The second kappa shape index (κ2) is 6.85. The normalized spacial score (nSPS) is 21.7. The topological polar surface area (TPSA) is 87.2 Å². The lowest BCUT2D eigenvalue weighted by Gasteiger charge is -2.41. The van der Waals surface area contributed by atoms with E-state index in [9.17, 15) is 8.42 Å². The summed E-state index contributed by atoms with van der Waals surface area (Å²) in [4.78, 5) is 0.139.